The Labute approximate surface area is 185 Å². The Kier molecular flexibility index (Phi) is 6.29. The first-order valence-electron chi connectivity index (χ1n) is 10.8. The number of nitrogens with zero attached hydrogens (tertiary/aromatic N) is 4. The van der Waals surface area contributed by atoms with Crippen LogP contribution in [0.25, 0.3) is 5.57 Å². The van der Waals surface area contributed by atoms with Crippen molar-refractivity contribution < 1.29 is 1.43 Å². The summed E-state index contributed by atoms with van der Waals surface area (Å²) in [6, 6.07) is 2.40. The topological polar surface area (TPSA) is 64.8 Å². The van der Waals surface area contributed by atoms with Crippen LogP contribution < -0.4 is 10.2 Å². The van der Waals surface area contributed by atoms with Crippen LogP contribution >= 0.6 is 11.8 Å². The maximum Gasteiger partial charge on any atom is 0.225 e. The Morgan fingerprint density at radius 1 is 1.33 bits per heavy atom. The molecular formula is C24H31N5S. The summed E-state index contributed by atoms with van der Waals surface area (Å²) in [5.74, 6) is 2.06. The summed E-state index contributed by atoms with van der Waals surface area (Å²) in [5.41, 5.74) is 4.82. The number of anilines is 1. The van der Waals surface area contributed by atoms with Gasteiger partial charge in [0.1, 0.15) is 11.6 Å². The predicted molar refractivity (Wildman–Crippen MR) is 127 cm³/mol. The van der Waals surface area contributed by atoms with E-state index < -0.39 is 0 Å². The normalized spacial score (nSPS) is 23.9. The Balaban J connectivity index is 0.00000272. The molecule has 0 aromatic carbocycles. The molecule has 0 bridgehead atoms. The lowest BCUT2D eigenvalue weighted by Gasteiger charge is -2.30. The lowest BCUT2D eigenvalue weighted by molar-refractivity contribution is 0.434. The van der Waals surface area contributed by atoms with E-state index in [1.807, 2.05) is 13.1 Å². The fraction of sp³-hybridized carbons (Fsp3) is 0.458. The van der Waals surface area contributed by atoms with Gasteiger partial charge in [-0.25, -0.2) is 9.97 Å². The van der Waals surface area contributed by atoms with Gasteiger partial charge in [0, 0.05) is 27.3 Å². The number of aromatic nitrogens is 2. The van der Waals surface area contributed by atoms with Crippen LogP contribution in [-0.2, 0) is 0 Å². The second kappa shape index (κ2) is 9.09. The number of nitriles is 1. The number of hydrogen-bond donors (Lipinski definition) is 1. The molecule has 1 aromatic heterocycles. The summed E-state index contributed by atoms with van der Waals surface area (Å²) in [7, 11) is 0. The number of nitrogens with one attached hydrogen (secondary N) is 1. The summed E-state index contributed by atoms with van der Waals surface area (Å²) >= 11 is 1.58. The van der Waals surface area contributed by atoms with Crippen LogP contribution in [0.3, 0.4) is 0 Å². The zero-order valence-electron chi connectivity index (χ0n) is 18.0. The minimum Gasteiger partial charge on any atom is -0.374 e. The van der Waals surface area contributed by atoms with Crippen molar-refractivity contribution >= 4 is 23.3 Å². The van der Waals surface area contributed by atoms with Crippen LogP contribution in [0.15, 0.2) is 46.0 Å². The largest absolute Gasteiger partial charge is 0.374 e. The number of rotatable bonds is 3. The van der Waals surface area contributed by atoms with Crippen molar-refractivity contribution in [2.45, 2.75) is 40.0 Å². The minimum atomic E-state index is 0. The molecule has 3 aliphatic rings. The first-order valence-corrected chi connectivity index (χ1v) is 11.6. The van der Waals surface area contributed by atoms with Crippen LogP contribution in [0.1, 0.15) is 45.8 Å². The molecule has 0 saturated carbocycles. The highest BCUT2D eigenvalue weighted by Crippen LogP contribution is 2.33. The van der Waals surface area contributed by atoms with E-state index in [0.29, 0.717) is 11.5 Å². The van der Waals surface area contributed by atoms with E-state index in [2.05, 4.69) is 58.8 Å². The Hall–Kier alpha value is -2.52. The van der Waals surface area contributed by atoms with Gasteiger partial charge >= 0.3 is 0 Å². The van der Waals surface area contributed by atoms with Gasteiger partial charge in [0.2, 0.25) is 5.95 Å². The molecule has 1 fully saturated rings. The van der Waals surface area contributed by atoms with Crippen LogP contribution in [0, 0.1) is 30.1 Å². The van der Waals surface area contributed by atoms with Crippen molar-refractivity contribution in [3.63, 3.8) is 0 Å². The molecule has 4 rings (SSSR count). The first-order chi connectivity index (χ1) is 14.5. The van der Waals surface area contributed by atoms with Gasteiger partial charge in [-0.1, -0.05) is 43.8 Å². The lowest BCUT2D eigenvalue weighted by atomic mass is 9.94. The quantitative estimate of drug-likeness (QED) is 0.677. The van der Waals surface area contributed by atoms with E-state index in [-0.39, 0.29) is 1.43 Å². The Morgan fingerprint density at radius 3 is 2.80 bits per heavy atom. The van der Waals surface area contributed by atoms with Gasteiger partial charge in [0.05, 0.1) is 10.7 Å². The molecule has 30 heavy (non-hydrogen) atoms. The zero-order valence-corrected chi connectivity index (χ0v) is 18.8. The average Bonchev–Trinajstić information content (AvgIpc) is 2.77. The monoisotopic (exact) mass is 421 g/mol. The standard InChI is InChI=1S/C24H29N5S.H2/c1-16-7-9-29(10-8-16)24-27-13-18(3)22(28-24)21(12-25)23-26-14-20(15-30-23)19-6-4-5-17(2)11-19;/h4,6,11,13,15-17,26H,5,7-10,14H2,1-3H3;1H/b23-21-;. The van der Waals surface area contributed by atoms with E-state index in [4.69, 9.17) is 4.98 Å². The Bertz CT molecular complexity index is 980. The van der Waals surface area contributed by atoms with Gasteiger partial charge in [0.25, 0.3) is 0 Å². The molecule has 1 unspecified atom stereocenters. The third kappa shape index (κ3) is 4.46. The first kappa shape index (κ1) is 20.7. The van der Waals surface area contributed by atoms with Crippen molar-refractivity contribution in [1.82, 2.24) is 15.3 Å². The molecule has 1 saturated heterocycles. The molecular weight excluding hydrogens is 390 g/mol. The summed E-state index contributed by atoms with van der Waals surface area (Å²) < 4.78 is 0. The van der Waals surface area contributed by atoms with E-state index in [1.54, 1.807) is 11.8 Å². The number of thioether (sulfide) groups is 1. The second-order valence-electron chi connectivity index (χ2n) is 8.54. The van der Waals surface area contributed by atoms with Gasteiger partial charge in [-0.2, -0.15) is 5.26 Å². The highest BCUT2D eigenvalue weighted by molar-refractivity contribution is 8.06. The SMILES string of the molecule is Cc1cnc(N2CCC(C)CC2)nc1/C(C#N)=C1/NCC(C2=CC(C)CC=C2)=CS1.[HH]. The zero-order chi connectivity index (χ0) is 21.1. The maximum atomic E-state index is 9.96. The molecule has 158 valence electrons. The van der Waals surface area contributed by atoms with Crippen LogP contribution in [0.4, 0.5) is 5.95 Å². The highest BCUT2D eigenvalue weighted by atomic mass is 32.2. The number of allylic oxidation sites excluding steroid dienone is 4. The Morgan fingerprint density at radius 2 is 2.13 bits per heavy atom. The molecule has 1 N–H and O–H groups in total. The number of aryl methyl sites for hydroxylation is 1. The van der Waals surface area contributed by atoms with Crippen molar-refractivity contribution in [2.24, 2.45) is 11.8 Å². The maximum absolute atomic E-state index is 9.96. The molecule has 3 heterocycles. The van der Waals surface area contributed by atoms with E-state index in [1.165, 1.54) is 11.1 Å². The van der Waals surface area contributed by atoms with Crippen LogP contribution in [0.5, 0.6) is 0 Å². The summed E-state index contributed by atoms with van der Waals surface area (Å²) in [4.78, 5) is 11.6. The van der Waals surface area contributed by atoms with Gasteiger partial charge in [-0.05, 0) is 60.1 Å². The third-order valence-electron chi connectivity index (χ3n) is 6.00. The van der Waals surface area contributed by atoms with E-state index in [0.717, 1.165) is 67.0 Å². The molecule has 2 aliphatic heterocycles. The van der Waals surface area contributed by atoms with E-state index in [9.17, 15) is 5.26 Å². The molecule has 0 spiro atoms. The molecule has 0 amide bonds. The molecule has 1 atom stereocenters. The van der Waals surface area contributed by atoms with Gasteiger partial charge in [-0.3, -0.25) is 0 Å². The van der Waals surface area contributed by atoms with Gasteiger partial charge in [-0.15, -0.1) is 0 Å². The highest BCUT2D eigenvalue weighted by Gasteiger charge is 2.22. The minimum absolute atomic E-state index is 0. The number of piperidine rings is 1. The third-order valence-corrected chi connectivity index (χ3v) is 6.99. The summed E-state index contributed by atoms with van der Waals surface area (Å²) in [5, 5.41) is 16.5. The van der Waals surface area contributed by atoms with Gasteiger partial charge < -0.3 is 10.2 Å². The van der Waals surface area contributed by atoms with Crippen LogP contribution in [-0.4, -0.2) is 29.6 Å². The molecule has 6 heteroatoms. The van der Waals surface area contributed by atoms with Crippen LogP contribution in [0.2, 0.25) is 0 Å². The summed E-state index contributed by atoms with van der Waals surface area (Å²) in [6.07, 6.45) is 12.0. The molecule has 0 radical (unpaired) electrons. The van der Waals surface area contributed by atoms with Crippen molar-refractivity contribution in [1.29, 1.82) is 5.26 Å². The van der Waals surface area contributed by atoms with Crippen molar-refractivity contribution in [3.05, 3.63) is 57.3 Å². The predicted octanol–water partition coefficient (Wildman–Crippen LogP) is 5.20. The molecule has 1 aromatic rings. The fourth-order valence-corrected chi connectivity index (χ4v) is 4.91. The van der Waals surface area contributed by atoms with Gasteiger partial charge in [0.15, 0.2) is 0 Å². The van der Waals surface area contributed by atoms with E-state index >= 15 is 0 Å². The van der Waals surface area contributed by atoms with Crippen molar-refractivity contribution in [2.75, 3.05) is 24.5 Å². The van der Waals surface area contributed by atoms with Crippen molar-refractivity contribution in [3.8, 4) is 6.07 Å². The fourth-order valence-electron chi connectivity index (χ4n) is 4.02. The lowest BCUT2D eigenvalue weighted by Crippen LogP contribution is -2.34. The molecule has 5 nitrogen and oxygen atoms in total. The molecule has 1 aliphatic carbocycles. The number of hydrogen-bond acceptors (Lipinski definition) is 6. The summed E-state index contributed by atoms with van der Waals surface area (Å²) in [6.45, 7) is 9.18. The second-order valence-corrected chi connectivity index (χ2v) is 9.42. The smallest absolute Gasteiger partial charge is 0.225 e. The average molecular weight is 422 g/mol.